The fraction of sp³-hybridized carbons (Fsp3) is 0.462. The first-order valence-electron chi connectivity index (χ1n) is 5.88. The van der Waals surface area contributed by atoms with Gasteiger partial charge in [0, 0.05) is 13.1 Å². The molecule has 0 aromatic heterocycles. The number of aliphatic hydroxyl groups is 1. The quantitative estimate of drug-likeness (QED) is 0.862. The molecule has 1 aromatic carbocycles. The van der Waals surface area contributed by atoms with E-state index in [4.69, 9.17) is 11.6 Å². The van der Waals surface area contributed by atoms with Gasteiger partial charge in [0.1, 0.15) is 5.82 Å². The van der Waals surface area contributed by atoms with Crippen LogP contribution in [-0.2, 0) is 0 Å². The van der Waals surface area contributed by atoms with E-state index in [-0.39, 0.29) is 17.1 Å². The highest BCUT2D eigenvalue weighted by Crippen LogP contribution is 2.23. The van der Waals surface area contributed by atoms with Gasteiger partial charge in [0.15, 0.2) is 0 Å². The van der Waals surface area contributed by atoms with E-state index < -0.39 is 17.8 Å². The van der Waals surface area contributed by atoms with Crippen molar-refractivity contribution in [3.8, 4) is 0 Å². The molecule has 0 bridgehead atoms. The number of halogens is 2. The molecule has 19 heavy (non-hydrogen) atoms. The number of nitrogens with zero attached hydrogens (tertiary/aromatic N) is 1. The molecule has 1 atom stereocenters. The molecular weight excluding hydrogens is 271 g/mol. The summed E-state index contributed by atoms with van der Waals surface area (Å²) in [5.41, 5.74) is 0.445. The maximum Gasteiger partial charge on any atom is 0.255 e. The predicted octanol–water partition coefficient (Wildman–Crippen LogP) is 1.44. The van der Waals surface area contributed by atoms with Crippen LogP contribution in [0.3, 0.4) is 0 Å². The summed E-state index contributed by atoms with van der Waals surface area (Å²) in [5.74, 6) is -1.29. The van der Waals surface area contributed by atoms with E-state index in [2.05, 4.69) is 5.32 Å². The topological polar surface area (TPSA) is 52.6 Å². The zero-order valence-corrected chi connectivity index (χ0v) is 12.0. The number of hydrogen-bond donors (Lipinski definition) is 2. The van der Waals surface area contributed by atoms with Crippen LogP contribution in [0, 0.1) is 12.7 Å². The van der Waals surface area contributed by atoms with Crippen molar-refractivity contribution >= 4 is 17.5 Å². The molecule has 0 heterocycles. The van der Waals surface area contributed by atoms with Crippen LogP contribution in [0.1, 0.15) is 15.9 Å². The van der Waals surface area contributed by atoms with E-state index in [1.165, 1.54) is 12.1 Å². The van der Waals surface area contributed by atoms with Crippen molar-refractivity contribution in [2.75, 3.05) is 27.2 Å². The molecule has 0 unspecified atom stereocenters. The number of carbonyl (C=O) groups excluding carboxylic acids is 1. The summed E-state index contributed by atoms with van der Waals surface area (Å²) in [4.78, 5) is 13.7. The van der Waals surface area contributed by atoms with Gasteiger partial charge in [-0.25, -0.2) is 4.39 Å². The predicted molar refractivity (Wildman–Crippen MR) is 73.0 cm³/mol. The summed E-state index contributed by atoms with van der Waals surface area (Å²) in [6.07, 6.45) is -0.717. The highest BCUT2D eigenvalue weighted by Gasteiger charge is 2.18. The summed E-state index contributed by atoms with van der Waals surface area (Å²) < 4.78 is 13.6. The van der Waals surface area contributed by atoms with Crippen molar-refractivity contribution in [1.29, 1.82) is 0 Å². The smallest absolute Gasteiger partial charge is 0.255 e. The second kappa shape index (κ2) is 6.84. The van der Waals surface area contributed by atoms with E-state index in [1.807, 2.05) is 14.1 Å². The maximum atomic E-state index is 13.6. The van der Waals surface area contributed by atoms with Crippen LogP contribution in [0.5, 0.6) is 0 Å². The third-order valence-electron chi connectivity index (χ3n) is 2.59. The Hall–Kier alpha value is -1.17. The maximum absolute atomic E-state index is 13.6. The van der Waals surface area contributed by atoms with Gasteiger partial charge in [-0.1, -0.05) is 17.7 Å². The summed E-state index contributed by atoms with van der Waals surface area (Å²) in [6, 6.07) is 2.71. The Labute approximate surface area is 117 Å². The fourth-order valence-corrected chi connectivity index (χ4v) is 1.89. The Kier molecular flexibility index (Phi) is 5.72. The zero-order chi connectivity index (χ0) is 14.6. The third kappa shape index (κ3) is 4.45. The van der Waals surface area contributed by atoms with Gasteiger partial charge in [-0.05, 0) is 32.6 Å². The molecule has 1 rings (SSSR count). The van der Waals surface area contributed by atoms with Gasteiger partial charge < -0.3 is 15.3 Å². The van der Waals surface area contributed by atoms with Crippen molar-refractivity contribution in [2.24, 2.45) is 0 Å². The molecule has 2 N–H and O–H groups in total. The van der Waals surface area contributed by atoms with Gasteiger partial charge in [0.05, 0.1) is 16.7 Å². The van der Waals surface area contributed by atoms with Gasteiger partial charge in [-0.2, -0.15) is 0 Å². The Balaban J connectivity index is 2.72. The molecule has 0 aliphatic rings. The first kappa shape index (κ1) is 15.9. The fourth-order valence-electron chi connectivity index (χ4n) is 1.65. The van der Waals surface area contributed by atoms with Crippen molar-refractivity contribution in [3.05, 3.63) is 34.1 Å². The highest BCUT2D eigenvalue weighted by atomic mass is 35.5. The van der Waals surface area contributed by atoms with Gasteiger partial charge in [-0.15, -0.1) is 0 Å². The molecule has 1 aromatic rings. The van der Waals surface area contributed by atoms with Crippen LogP contribution in [0.25, 0.3) is 0 Å². The molecule has 6 heteroatoms. The normalized spacial score (nSPS) is 12.6. The van der Waals surface area contributed by atoms with Crippen LogP contribution < -0.4 is 5.32 Å². The molecule has 0 saturated heterocycles. The molecule has 0 saturated carbocycles. The monoisotopic (exact) mass is 288 g/mol. The number of nitrogens with one attached hydrogen (secondary N) is 1. The van der Waals surface area contributed by atoms with Crippen molar-refractivity contribution in [1.82, 2.24) is 10.2 Å². The van der Waals surface area contributed by atoms with Crippen LogP contribution >= 0.6 is 11.6 Å². The van der Waals surface area contributed by atoms with E-state index in [0.717, 1.165) is 0 Å². The van der Waals surface area contributed by atoms with E-state index in [1.54, 1.807) is 11.8 Å². The minimum atomic E-state index is -0.717. The lowest BCUT2D eigenvalue weighted by Gasteiger charge is -2.17. The van der Waals surface area contributed by atoms with Crippen LogP contribution in [0.4, 0.5) is 4.39 Å². The second-order valence-corrected chi connectivity index (χ2v) is 5.06. The van der Waals surface area contributed by atoms with E-state index in [0.29, 0.717) is 12.1 Å². The first-order valence-corrected chi connectivity index (χ1v) is 6.26. The van der Waals surface area contributed by atoms with Gasteiger partial charge in [-0.3, -0.25) is 4.79 Å². The third-order valence-corrected chi connectivity index (χ3v) is 3.07. The average molecular weight is 289 g/mol. The van der Waals surface area contributed by atoms with Crippen LogP contribution in [0.15, 0.2) is 12.1 Å². The molecule has 0 fully saturated rings. The van der Waals surface area contributed by atoms with E-state index in [9.17, 15) is 14.3 Å². The number of aryl methyl sites for hydroxylation is 1. The molecule has 0 radical (unpaired) electrons. The number of amides is 1. The van der Waals surface area contributed by atoms with Crippen LogP contribution in [0.2, 0.25) is 5.02 Å². The first-order chi connectivity index (χ1) is 8.82. The Bertz CT molecular complexity index is 466. The Morgan fingerprint density at radius 3 is 2.74 bits per heavy atom. The SMILES string of the molecule is Cc1ccc(F)c(C(=O)NC[C@@H](O)CN(C)C)c1Cl. The molecular formula is C13H18ClFN2O2. The Morgan fingerprint density at radius 1 is 1.53 bits per heavy atom. The number of hydrogen-bond acceptors (Lipinski definition) is 3. The zero-order valence-electron chi connectivity index (χ0n) is 11.2. The van der Waals surface area contributed by atoms with Crippen molar-refractivity contribution in [2.45, 2.75) is 13.0 Å². The minimum Gasteiger partial charge on any atom is -0.390 e. The molecule has 0 spiro atoms. The van der Waals surface area contributed by atoms with E-state index >= 15 is 0 Å². The van der Waals surface area contributed by atoms with Gasteiger partial charge in [0.25, 0.3) is 5.91 Å². The number of benzene rings is 1. The second-order valence-electron chi connectivity index (χ2n) is 4.68. The van der Waals surface area contributed by atoms with Crippen LogP contribution in [-0.4, -0.2) is 49.2 Å². The standard InChI is InChI=1S/C13H18ClFN2O2/c1-8-4-5-10(15)11(12(8)14)13(19)16-6-9(18)7-17(2)3/h4-5,9,18H,6-7H2,1-3H3,(H,16,19)/t9-/m1/s1. The number of carbonyl (C=O) groups is 1. The summed E-state index contributed by atoms with van der Waals surface area (Å²) in [6.45, 7) is 2.14. The number of aliphatic hydroxyl groups excluding tert-OH is 1. The average Bonchev–Trinajstić information content (AvgIpc) is 2.31. The highest BCUT2D eigenvalue weighted by molar-refractivity contribution is 6.34. The molecule has 0 aliphatic carbocycles. The lowest BCUT2D eigenvalue weighted by Crippen LogP contribution is -2.38. The minimum absolute atomic E-state index is 0.0424. The Morgan fingerprint density at radius 2 is 2.16 bits per heavy atom. The number of likely N-dealkylation sites (N-methyl/N-ethyl adjacent to an activating group) is 1. The molecule has 0 aliphatic heterocycles. The molecule has 1 amide bonds. The number of rotatable bonds is 5. The van der Waals surface area contributed by atoms with Crippen molar-refractivity contribution < 1.29 is 14.3 Å². The summed E-state index contributed by atoms with van der Waals surface area (Å²) in [5, 5.41) is 12.2. The van der Waals surface area contributed by atoms with Gasteiger partial charge in [0.2, 0.25) is 0 Å². The lowest BCUT2D eigenvalue weighted by molar-refractivity contribution is 0.0888. The largest absolute Gasteiger partial charge is 0.390 e. The molecule has 106 valence electrons. The lowest BCUT2D eigenvalue weighted by atomic mass is 10.1. The summed E-state index contributed by atoms with van der Waals surface area (Å²) >= 11 is 5.92. The molecule has 4 nitrogen and oxygen atoms in total. The van der Waals surface area contributed by atoms with Gasteiger partial charge >= 0.3 is 0 Å². The summed E-state index contributed by atoms with van der Waals surface area (Å²) in [7, 11) is 3.62. The van der Waals surface area contributed by atoms with Crippen molar-refractivity contribution in [3.63, 3.8) is 0 Å².